The molecule has 0 bridgehead atoms. The third-order valence-corrected chi connectivity index (χ3v) is 3.04. The van der Waals surface area contributed by atoms with E-state index >= 15 is 0 Å². The Hall–Kier alpha value is -2.04. The van der Waals surface area contributed by atoms with Crippen molar-refractivity contribution in [3.8, 4) is 5.75 Å². The van der Waals surface area contributed by atoms with Gasteiger partial charge in [0.1, 0.15) is 5.75 Å². The zero-order chi connectivity index (χ0) is 13.5. The molecule has 1 atom stereocenters. The number of hydrogen-bond acceptors (Lipinski definition) is 3. The number of ether oxygens (including phenoxy) is 1. The number of amides is 1. The van der Waals surface area contributed by atoms with Crippen molar-refractivity contribution in [3.05, 3.63) is 23.8 Å². The molecular weight excluding hydrogens is 234 g/mol. The number of anilines is 1. The molecule has 18 heavy (non-hydrogen) atoms. The van der Waals surface area contributed by atoms with Gasteiger partial charge in [0.15, 0.2) is 5.60 Å². The Kier molecular flexibility index (Phi) is 2.77. The van der Waals surface area contributed by atoms with E-state index in [1.807, 2.05) is 0 Å². The molecule has 0 aliphatic carbocycles. The van der Waals surface area contributed by atoms with Gasteiger partial charge in [-0.1, -0.05) is 6.07 Å². The van der Waals surface area contributed by atoms with Gasteiger partial charge in [0.25, 0.3) is 5.91 Å². The Morgan fingerprint density at radius 2 is 2.11 bits per heavy atom. The molecule has 0 radical (unpaired) electrons. The molecule has 1 unspecified atom stereocenters. The second kappa shape index (κ2) is 4.01. The Morgan fingerprint density at radius 1 is 1.44 bits per heavy atom. The molecule has 0 saturated heterocycles. The van der Waals surface area contributed by atoms with Crippen molar-refractivity contribution in [1.82, 2.24) is 0 Å². The van der Waals surface area contributed by atoms with E-state index in [9.17, 15) is 9.59 Å². The van der Waals surface area contributed by atoms with Crippen molar-refractivity contribution >= 4 is 17.6 Å². The first kappa shape index (κ1) is 12.4. The van der Waals surface area contributed by atoms with Crippen LogP contribution in [0.2, 0.25) is 0 Å². The highest BCUT2D eigenvalue weighted by Crippen LogP contribution is 2.35. The molecule has 5 nitrogen and oxygen atoms in total. The predicted octanol–water partition coefficient (Wildman–Crippen LogP) is 1.98. The van der Waals surface area contributed by atoms with Gasteiger partial charge in [-0.3, -0.25) is 9.59 Å². The zero-order valence-electron chi connectivity index (χ0n) is 10.5. The maximum absolute atomic E-state index is 11.7. The number of aliphatic carboxylic acids is 1. The van der Waals surface area contributed by atoms with Gasteiger partial charge >= 0.3 is 5.97 Å². The minimum absolute atomic E-state index is 0.214. The molecular formula is C13H15NO4. The van der Waals surface area contributed by atoms with Crippen molar-refractivity contribution < 1.29 is 19.4 Å². The fourth-order valence-corrected chi connectivity index (χ4v) is 1.73. The number of fused-ring (bicyclic) bond motifs is 1. The van der Waals surface area contributed by atoms with E-state index in [2.05, 4.69) is 5.32 Å². The summed E-state index contributed by atoms with van der Waals surface area (Å²) in [5.74, 6) is -1.21. The van der Waals surface area contributed by atoms with Crippen LogP contribution in [0.4, 0.5) is 5.69 Å². The van der Waals surface area contributed by atoms with Gasteiger partial charge in [-0.25, -0.2) is 0 Å². The van der Waals surface area contributed by atoms with Crippen LogP contribution in [0.1, 0.15) is 32.3 Å². The standard InChI is InChI=1S/C13H15NO4/c1-7(11(15)16)8-4-5-9-10(6-8)18-13(2,3)12(17)14-9/h4-7H,1-3H3,(H,14,17)(H,15,16). The lowest BCUT2D eigenvalue weighted by Gasteiger charge is -2.32. The molecule has 1 aliphatic rings. The first-order valence-corrected chi connectivity index (χ1v) is 5.68. The van der Waals surface area contributed by atoms with E-state index < -0.39 is 17.5 Å². The number of carboxylic acids is 1. The monoisotopic (exact) mass is 249 g/mol. The molecule has 1 aliphatic heterocycles. The molecule has 2 rings (SSSR count). The number of hydrogen-bond donors (Lipinski definition) is 2. The average Bonchev–Trinajstić information content (AvgIpc) is 2.28. The number of carboxylic acid groups (broad SMARTS) is 1. The van der Waals surface area contributed by atoms with Crippen molar-refractivity contribution in [1.29, 1.82) is 0 Å². The third-order valence-electron chi connectivity index (χ3n) is 3.04. The van der Waals surface area contributed by atoms with E-state index in [1.165, 1.54) is 0 Å². The molecule has 0 spiro atoms. The summed E-state index contributed by atoms with van der Waals surface area (Å²) in [5, 5.41) is 11.7. The Morgan fingerprint density at radius 3 is 2.72 bits per heavy atom. The van der Waals surface area contributed by atoms with Crippen LogP contribution < -0.4 is 10.1 Å². The van der Waals surface area contributed by atoms with E-state index in [4.69, 9.17) is 9.84 Å². The van der Waals surface area contributed by atoms with Crippen molar-refractivity contribution in [2.75, 3.05) is 5.32 Å². The molecule has 1 heterocycles. The van der Waals surface area contributed by atoms with Crippen LogP contribution in [-0.4, -0.2) is 22.6 Å². The highest BCUT2D eigenvalue weighted by atomic mass is 16.5. The summed E-state index contributed by atoms with van der Waals surface area (Å²) >= 11 is 0. The molecule has 96 valence electrons. The van der Waals surface area contributed by atoms with Crippen LogP contribution in [0.5, 0.6) is 5.75 Å². The Balaban J connectivity index is 2.39. The summed E-state index contributed by atoms with van der Waals surface area (Å²) in [5.41, 5.74) is 0.270. The zero-order valence-corrected chi connectivity index (χ0v) is 10.5. The molecule has 0 aromatic heterocycles. The van der Waals surface area contributed by atoms with Gasteiger partial charge in [0.2, 0.25) is 0 Å². The molecule has 2 N–H and O–H groups in total. The topological polar surface area (TPSA) is 75.6 Å². The smallest absolute Gasteiger partial charge is 0.310 e. The van der Waals surface area contributed by atoms with Crippen LogP contribution in [0.3, 0.4) is 0 Å². The molecule has 5 heteroatoms. The third kappa shape index (κ3) is 2.03. The lowest BCUT2D eigenvalue weighted by molar-refractivity contribution is -0.138. The quantitative estimate of drug-likeness (QED) is 0.840. The Labute approximate surface area is 105 Å². The fourth-order valence-electron chi connectivity index (χ4n) is 1.73. The SMILES string of the molecule is CC(C(=O)O)c1ccc2c(c1)OC(C)(C)C(=O)N2. The van der Waals surface area contributed by atoms with Crippen LogP contribution in [0, 0.1) is 0 Å². The van der Waals surface area contributed by atoms with Crippen molar-refractivity contribution in [2.45, 2.75) is 32.3 Å². The van der Waals surface area contributed by atoms with Gasteiger partial charge in [0, 0.05) is 0 Å². The van der Waals surface area contributed by atoms with Crippen LogP contribution in [0.15, 0.2) is 18.2 Å². The number of nitrogens with one attached hydrogen (secondary N) is 1. The molecule has 1 aromatic carbocycles. The van der Waals surface area contributed by atoms with Crippen LogP contribution in [0.25, 0.3) is 0 Å². The second-order valence-corrected chi connectivity index (χ2v) is 4.88. The minimum Gasteiger partial charge on any atom is -0.481 e. The average molecular weight is 249 g/mol. The van der Waals surface area contributed by atoms with Gasteiger partial charge in [-0.15, -0.1) is 0 Å². The fraction of sp³-hybridized carbons (Fsp3) is 0.385. The maximum atomic E-state index is 11.7. The summed E-state index contributed by atoms with van der Waals surface area (Å²) in [6.45, 7) is 4.94. The molecule has 1 amide bonds. The highest BCUT2D eigenvalue weighted by Gasteiger charge is 2.35. The van der Waals surface area contributed by atoms with Crippen molar-refractivity contribution in [3.63, 3.8) is 0 Å². The molecule has 1 aromatic rings. The normalized spacial score (nSPS) is 18.3. The summed E-state index contributed by atoms with van der Waals surface area (Å²) < 4.78 is 5.60. The van der Waals surface area contributed by atoms with Gasteiger partial charge in [-0.2, -0.15) is 0 Å². The van der Waals surface area contributed by atoms with Crippen LogP contribution >= 0.6 is 0 Å². The van der Waals surface area contributed by atoms with Gasteiger partial charge < -0.3 is 15.2 Å². The van der Waals surface area contributed by atoms with Crippen molar-refractivity contribution in [2.24, 2.45) is 0 Å². The molecule has 0 saturated carbocycles. The number of benzene rings is 1. The van der Waals surface area contributed by atoms with E-state index in [1.54, 1.807) is 39.0 Å². The summed E-state index contributed by atoms with van der Waals surface area (Å²) in [6, 6.07) is 5.01. The number of rotatable bonds is 2. The first-order valence-electron chi connectivity index (χ1n) is 5.68. The predicted molar refractivity (Wildman–Crippen MR) is 65.8 cm³/mol. The first-order chi connectivity index (χ1) is 8.31. The van der Waals surface area contributed by atoms with Crippen LogP contribution in [-0.2, 0) is 9.59 Å². The Bertz CT molecular complexity index is 522. The summed E-state index contributed by atoms with van der Waals surface area (Å²) in [7, 11) is 0. The largest absolute Gasteiger partial charge is 0.481 e. The van der Waals surface area contributed by atoms with Gasteiger partial charge in [-0.05, 0) is 38.5 Å². The number of carbonyl (C=O) groups excluding carboxylic acids is 1. The maximum Gasteiger partial charge on any atom is 0.310 e. The van der Waals surface area contributed by atoms with E-state index in [0.29, 0.717) is 17.0 Å². The number of carbonyl (C=O) groups is 2. The highest BCUT2D eigenvalue weighted by molar-refractivity contribution is 6.00. The lowest BCUT2D eigenvalue weighted by atomic mass is 9.99. The lowest BCUT2D eigenvalue weighted by Crippen LogP contribution is -2.45. The molecule has 0 fully saturated rings. The summed E-state index contributed by atoms with van der Waals surface area (Å²) in [4.78, 5) is 22.6. The van der Waals surface area contributed by atoms with Gasteiger partial charge in [0.05, 0.1) is 11.6 Å². The minimum atomic E-state index is -0.946. The summed E-state index contributed by atoms with van der Waals surface area (Å²) in [6.07, 6.45) is 0. The second-order valence-electron chi connectivity index (χ2n) is 4.88. The van der Waals surface area contributed by atoms with E-state index in [0.717, 1.165) is 0 Å². The van der Waals surface area contributed by atoms with E-state index in [-0.39, 0.29) is 5.91 Å².